The molecule has 4 rings (SSSR count). The summed E-state index contributed by atoms with van der Waals surface area (Å²) < 4.78 is 0. The molecule has 228 valence electrons. The number of nitrogens with zero attached hydrogens (tertiary/aromatic N) is 2. The summed E-state index contributed by atoms with van der Waals surface area (Å²) in [5, 5.41) is 28.6. The fraction of sp³-hybridized carbons (Fsp3) is 0.586. The predicted octanol–water partition coefficient (Wildman–Crippen LogP) is -0.740. The van der Waals surface area contributed by atoms with Gasteiger partial charge in [0.1, 0.15) is 5.75 Å². The molecule has 0 spiro atoms. The fourth-order valence-electron chi connectivity index (χ4n) is 6.69. The second-order valence-corrected chi connectivity index (χ2v) is 13.0. The predicted molar refractivity (Wildman–Crippen MR) is 152 cm³/mol. The van der Waals surface area contributed by atoms with Gasteiger partial charge in [0.2, 0.25) is 11.8 Å². The molecule has 0 radical (unpaired) electrons. The van der Waals surface area contributed by atoms with Crippen molar-refractivity contribution in [3.63, 3.8) is 0 Å². The fourth-order valence-corrected chi connectivity index (χ4v) is 6.69. The first-order valence-electron chi connectivity index (χ1n) is 13.8. The summed E-state index contributed by atoms with van der Waals surface area (Å²) in [6, 6.07) is 0.374. The maximum Gasteiger partial charge on any atom is 0.238 e. The zero-order chi connectivity index (χ0) is 31.6. The van der Waals surface area contributed by atoms with Crippen LogP contribution in [-0.2, 0) is 30.4 Å². The zero-order valence-electron chi connectivity index (χ0n) is 24.9. The molecule has 13 nitrogen and oxygen atoms in total. The number of benzene rings is 1. The number of carbonyl (C=O) groups excluding carboxylic acids is 6. The molecule has 0 heterocycles. The lowest BCUT2D eigenvalue weighted by molar-refractivity contribution is -0.181. The van der Waals surface area contributed by atoms with E-state index in [4.69, 9.17) is 5.73 Å². The summed E-state index contributed by atoms with van der Waals surface area (Å²) in [6.45, 7) is 5.58. The lowest BCUT2D eigenvalue weighted by Crippen LogP contribution is -2.74. The van der Waals surface area contributed by atoms with Crippen molar-refractivity contribution in [2.75, 3.05) is 45.0 Å². The van der Waals surface area contributed by atoms with Crippen LogP contribution in [0.2, 0.25) is 0 Å². The Hall–Kier alpha value is -3.68. The highest BCUT2D eigenvalue weighted by Crippen LogP contribution is 2.52. The van der Waals surface area contributed by atoms with Gasteiger partial charge in [-0.15, -0.1) is 0 Å². The Balaban J connectivity index is 1.81. The summed E-state index contributed by atoms with van der Waals surface area (Å²) >= 11 is 0. The van der Waals surface area contributed by atoms with Gasteiger partial charge in [-0.25, -0.2) is 0 Å². The van der Waals surface area contributed by atoms with Crippen LogP contribution in [0.15, 0.2) is 6.07 Å². The monoisotopic (exact) mass is 585 g/mol. The summed E-state index contributed by atoms with van der Waals surface area (Å²) in [4.78, 5) is 82.7. The quantitative estimate of drug-likeness (QED) is 0.208. The molecule has 0 saturated heterocycles. The van der Waals surface area contributed by atoms with Crippen LogP contribution < -0.4 is 21.3 Å². The number of carbonyl (C=O) groups is 6. The van der Waals surface area contributed by atoms with Crippen molar-refractivity contribution in [3.8, 4) is 5.75 Å². The number of Topliss-reactive ketones (excluding diaryl/α,β-unsaturated/α-hetero) is 4. The van der Waals surface area contributed by atoms with Gasteiger partial charge in [-0.05, 0) is 65.3 Å². The van der Waals surface area contributed by atoms with Gasteiger partial charge in [0.15, 0.2) is 34.7 Å². The number of phenols is 1. The van der Waals surface area contributed by atoms with Crippen LogP contribution in [0.25, 0.3) is 0 Å². The standard InChI is InChI=1S/C29H39N5O8/c1-28(2,3)31-11-17(35)32-15-10-16(33(4)5)13-8-12-9-14-21(34(6)7)24(38)20(27(30)41)26(40)29(14,42)25(39)18(12)23(37)19(13)22(15)36/h10,12,14,18,20-21,31,36,42H,8-9,11H2,1-7H3,(H2,30,41)(H,32,35)/t12?,14-,18?,20?,21-,29-/m0/s1. The van der Waals surface area contributed by atoms with Gasteiger partial charge in [0, 0.05) is 31.2 Å². The summed E-state index contributed by atoms with van der Waals surface area (Å²) in [7, 11) is 6.52. The van der Waals surface area contributed by atoms with Gasteiger partial charge in [-0.1, -0.05) is 0 Å². The number of hydrogen-bond acceptors (Lipinski definition) is 11. The first kappa shape index (κ1) is 31.3. The third-order valence-corrected chi connectivity index (χ3v) is 8.57. The molecule has 1 aromatic rings. The van der Waals surface area contributed by atoms with Crippen LogP contribution in [0.1, 0.15) is 43.1 Å². The van der Waals surface area contributed by atoms with Crippen LogP contribution in [-0.4, -0.2) is 102 Å². The van der Waals surface area contributed by atoms with Crippen molar-refractivity contribution < 1.29 is 39.0 Å². The van der Waals surface area contributed by atoms with Crippen molar-refractivity contribution >= 4 is 46.3 Å². The van der Waals surface area contributed by atoms with E-state index in [2.05, 4.69) is 10.6 Å². The van der Waals surface area contributed by atoms with Gasteiger partial charge < -0.3 is 31.5 Å². The van der Waals surface area contributed by atoms with Crippen LogP contribution in [0.4, 0.5) is 11.4 Å². The van der Waals surface area contributed by atoms with Gasteiger partial charge >= 0.3 is 0 Å². The first-order chi connectivity index (χ1) is 19.3. The largest absolute Gasteiger partial charge is 0.505 e. The number of ketones is 4. The Morgan fingerprint density at radius 1 is 1.10 bits per heavy atom. The van der Waals surface area contributed by atoms with E-state index in [-0.39, 0.29) is 36.2 Å². The average molecular weight is 586 g/mol. The van der Waals surface area contributed by atoms with Crippen molar-refractivity contribution in [1.82, 2.24) is 10.2 Å². The van der Waals surface area contributed by atoms with Crippen LogP contribution in [0, 0.1) is 23.7 Å². The number of likely N-dealkylation sites (N-methyl/N-ethyl adjacent to an activating group) is 1. The molecular formula is C29H39N5O8. The number of aliphatic hydroxyl groups is 1. The number of rotatable bonds is 6. The SMILES string of the molecule is CN(C)c1cc(NC(=O)CNC(C)(C)C)c(O)c2c1CC1C[C@H]3[C@H](N(C)C)C(=O)C(C(N)=O)C(=O)[C@@]3(O)C(=O)C1C2=O. The Bertz CT molecular complexity index is 1400. The third-order valence-electron chi connectivity index (χ3n) is 8.57. The van der Waals surface area contributed by atoms with E-state index in [0.29, 0.717) is 11.3 Å². The second-order valence-electron chi connectivity index (χ2n) is 13.0. The molecule has 6 atom stereocenters. The maximum absolute atomic E-state index is 14.1. The van der Waals surface area contributed by atoms with E-state index in [0.717, 1.165) is 0 Å². The molecule has 2 saturated carbocycles. The minimum absolute atomic E-state index is 0.0365. The van der Waals surface area contributed by atoms with Crippen molar-refractivity contribution in [2.24, 2.45) is 29.4 Å². The first-order valence-corrected chi connectivity index (χ1v) is 13.8. The smallest absolute Gasteiger partial charge is 0.238 e. The molecule has 13 heteroatoms. The Morgan fingerprint density at radius 3 is 2.24 bits per heavy atom. The number of primary amides is 1. The second kappa shape index (κ2) is 10.5. The Morgan fingerprint density at radius 2 is 1.71 bits per heavy atom. The van der Waals surface area contributed by atoms with Gasteiger partial charge in [-0.3, -0.25) is 33.7 Å². The average Bonchev–Trinajstić information content (AvgIpc) is 2.85. The highest BCUT2D eigenvalue weighted by atomic mass is 16.3. The minimum Gasteiger partial charge on any atom is -0.505 e. The third kappa shape index (κ3) is 4.88. The molecule has 3 aliphatic carbocycles. The van der Waals surface area contributed by atoms with Crippen molar-refractivity contribution in [3.05, 3.63) is 17.2 Å². The van der Waals surface area contributed by atoms with E-state index >= 15 is 0 Å². The van der Waals surface area contributed by atoms with Crippen LogP contribution in [0.5, 0.6) is 5.75 Å². The summed E-state index contributed by atoms with van der Waals surface area (Å²) in [6.07, 6.45) is 0.0706. The highest BCUT2D eigenvalue weighted by molar-refractivity contribution is 6.32. The number of anilines is 2. The van der Waals surface area contributed by atoms with Gasteiger partial charge in [-0.2, -0.15) is 0 Å². The number of nitrogens with one attached hydrogen (secondary N) is 2. The number of hydrogen-bond donors (Lipinski definition) is 5. The molecule has 3 unspecified atom stereocenters. The molecule has 1 aromatic carbocycles. The van der Waals surface area contributed by atoms with Crippen LogP contribution in [0.3, 0.4) is 0 Å². The molecule has 42 heavy (non-hydrogen) atoms. The molecule has 6 N–H and O–H groups in total. The number of amides is 2. The number of fused-ring (bicyclic) bond motifs is 3. The lowest BCUT2D eigenvalue weighted by atomic mass is 9.52. The van der Waals surface area contributed by atoms with E-state index in [1.54, 1.807) is 25.1 Å². The van der Waals surface area contributed by atoms with E-state index < -0.39 is 76.0 Å². The zero-order valence-corrected chi connectivity index (χ0v) is 24.9. The van der Waals surface area contributed by atoms with E-state index in [9.17, 15) is 39.0 Å². The maximum atomic E-state index is 14.1. The number of phenolic OH excluding ortho intramolecular Hbond substituents is 1. The van der Waals surface area contributed by atoms with E-state index in [1.165, 1.54) is 19.0 Å². The molecule has 0 bridgehead atoms. The van der Waals surface area contributed by atoms with Crippen molar-refractivity contribution in [1.29, 1.82) is 0 Å². The highest BCUT2D eigenvalue weighted by Gasteiger charge is 2.69. The molecule has 0 aliphatic heterocycles. The van der Waals surface area contributed by atoms with Crippen molar-refractivity contribution in [2.45, 2.75) is 50.8 Å². The Kier molecular flexibility index (Phi) is 7.85. The number of aromatic hydroxyl groups is 1. The molecule has 0 aromatic heterocycles. The molecule has 2 amide bonds. The van der Waals surface area contributed by atoms with E-state index in [1.807, 2.05) is 20.8 Å². The lowest BCUT2D eigenvalue weighted by Gasteiger charge is -2.52. The molecule has 3 aliphatic rings. The topological polar surface area (TPSA) is 199 Å². The van der Waals surface area contributed by atoms with Crippen LogP contribution >= 0.6 is 0 Å². The molecule has 2 fully saturated rings. The minimum atomic E-state index is -2.80. The number of nitrogens with two attached hydrogens (primary N) is 1. The van der Waals surface area contributed by atoms with Gasteiger partial charge in [0.05, 0.1) is 29.8 Å². The summed E-state index contributed by atoms with van der Waals surface area (Å²) in [5.41, 5.74) is 2.95. The van der Waals surface area contributed by atoms with Gasteiger partial charge in [0.25, 0.3) is 0 Å². The summed E-state index contributed by atoms with van der Waals surface area (Å²) in [5.74, 6) is -11.8. The Labute approximate surface area is 243 Å². The molecular weight excluding hydrogens is 546 g/mol. The normalized spacial score (nSPS) is 29.1.